The molecule has 4 nitrogen and oxygen atoms in total. The van der Waals surface area contributed by atoms with E-state index in [0.29, 0.717) is 22.8 Å². The van der Waals surface area contributed by atoms with Crippen LogP contribution in [0.2, 0.25) is 5.02 Å². The van der Waals surface area contributed by atoms with E-state index in [-0.39, 0.29) is 0 Å². The van der Waals surface area contributed by atoms with Crippen LogP contribution in [0.15, 0.2) is 59.6 Å². The molecule has 0 bridgehead atoms. The highest BCUT2D eigenvalue weighted by atomic mass is 35.5. The van der Waals surface area contributed by atoms with Crippen LogP contribution in [0.3, 0.4) is 0 Å². The van der Waals surface area contributed by atoms with Crippen LogP contribution in [-0.4, -0.2) is 19.3 Å². The molecule has 0 radical (unpaired) electrons. The van der Waals surface area contributed by atoms with Crippen LogP contribution >= 0.6 is 11.6 Å². The van der Waals surface area contributed by atoms with Gasteiger partial charge in [0.1, 0.15) is 6.07 Å². The molecular formula is C18H17ClN4. The molecular weight excluding hydrogens is 308 g/mol. The van der Waals surface area contributed by atoms with Crippen molar-refractivity contribution in [2.24, 2.45) is 10.7 Å². The lowest BCUT2D eigenvalue weighted by atomic mass is 10.1. The first-order chi connectivity index (χ1) is 11.2. The third-order valence-electron chi connectivity index (χ3n) is 3.13. The summed E-state index contributed by atoms with van der Waals surface area (Å²) in [6, 6.07) is 17.1. The molecule has 0 saturated carbocycles. The van der Waals surface area contributed by atoms with E-state index >= 15 is 0 Å². The Morgan fingerprint density at radius 2 is 2.04 bits per heavy atom. The van der Waals surface area contributed by atoms with Gasteiger partial charge in [-0.15, -0.1) is 0 Å². The zero-order valence-corrected chi connectivity index (χ0v) is 13.3. The first-order valence-electron chi connectivity index (χ1n) is 7.15. The second kappa shape index (κ2) is 8.62. The first kappa shape index (κ1) is 16.6. The van der Waals surface area contributed by atoms with Gasteiger partial charge < -0.3 is 11.1 Å². The van der Waals surface area contributed by atoms with Crippen molar-refractivity contribution in [3.63, 3.8) is 0 Å². The van der Waals surface area contributed by atoms with Crippen molar-refractivity contribution in [2.75, 3.05) is 18.4 Å². The Hall–Kier alpha value is -2.77. The van der Waals surface area contributed by atoms with E-state index in [0.717, 1.165) is 17.8 Å². The van der Waals surface area contributed by atoms with Gasteiger partial charge in [-0.2, -0.15) is 5.26 Å². The number of allylic oxidation sites excluding steroid dienone is 1. The summed E-state index contributed by atoms with van der Waals surface area (Å²) < 4.78 is 0. The zero-order chi connectivity index (χ0) is 16.5. The van der Waals surface area contributed by atoms with Crippen molar-refractivity contribution in [1.29, 1.82) is 5.26 Å². The highest BCUT2D eigenvalue weighted by Gasteiger charge is 2.02. The summed E-state index contributed by atoms with van der Waals surface area (Å²) in [5, 5.41) is 12.5. The van der Waals surface area contributed by atoms with E-state index in [1.54, 1.807) is 30.5 Å². The van der Waals surface area contributed by atoms with E-state index in [2.05, 4.69) is 10.3 Å². The second-order valence-corrected chi connectivity index (χ2v) is 5.18. The van der Waals surface area contributed by atoms with Gasteiger partial charge in [0.2, 0.25) is 0 Å². The van der Waals surface area contributed by atoms with Crippen LogP contribution < -0.4 is 11.1 Å². The smallest absolute Gasteiger partial charge is 0.101 e. The topological polar surface area (TPSA) is 74.2 Å². The number of rotatable bonds is 6. The molecule has 0 amide bonds. The number of nitrogens with one attached hydrogen (secondary N) is 1. The molecule has 0 saturated heterocycles. The Morgan fingerprint density at radius 1 is 1.26 bits per heavy atom. The van der Waals surface area contributed by atoms with Crippen molar-refractivity contribution in [1.82, 2.24) is 0 Å². The minimum Gasteiger partial charge on any atom is -0.398 e. The van der Waals surface area contributed by atoms with E-state index in [4.69, 9.17) is 22.6 Å². The number of para-hydroxylation sites is 1. The molecule has 0 fully saturated rings. The van der Waals surface area contributed by atoms with E-state index in [1.165, 1.54) is 0 Å². The molecule has 0 unspecified atom stereocenters. The number of anilines is 1. The highest BCUT2D eigenvalue weighted by molar-refractivity contribution is 6.31. The quantitative estimate of drug-likeness (QED) is 0.628. The maximum atomic E-state index is 8.85. The molecule has 0 atom stereocenters. The minimum absolute atomic E-state index is 0.394. The maximum absolute atomic E-state index is 8.85. The van der Waals surface area contributed by atoms with Gasteiger partial charge in [0.15, 0.2) is 0 Å². The third-order valence-corrected chi connectivity index (χ3v) is 3.44. The third kappa shape index (κ3) is 5.17. The van der Waals surface area contributed by atoms with Crippen molar-refractivity contribution >= 4 is 29.2 Å². The van der Waals surface area contributed by atoms with Crippen LogP contribution in [0.25, 0.3) is 5.70 Å². The predicted octanol–water partition coefficient (Wildman–Crippen LogP) is 3.69. The van der Waals surface area contributed by atoms with Gasteiger partial charge in [0.25, 0.3) is 0 Å². The van der Waals surface area contributed by atoms with Crippen LogP contribution in [0.1, 0.15) is 11.1 Å². The van der Waals surface area contributed by atoms with Crippen molar-refractivity contribution < 1.29 is 0 Å². The molecule has 2 rings (SSSR count). The second-order valence-electron chi connectivity index (χ2n) is 4.78. The van der Waals surface area contributed by atoms with Gasteiger partial charge in [-0.1, -0.05) is 35.9 Å². The Morgan fingerprint density at radius 3 is 2.74 bits per heavy atom. The van der Waals surface area contributed by atoms with Crippen LogP contribution in [-0.2, 0) is 0 Å². The van der Waals surface area contributed by atoms with E-state index in [1.807, 2.05) is 36.4 Å². The van der Waals surface area contributed by atoms with Crippen LogP contribution in [0.5, 0.6) is 0 Å². The number of aliphatic imine (C=N–C) groups is 1. The summed E-state index contributed by atoms with van der Waals surface area (Å²) in [5.74, 6) is 0. The molecule has 2 aromatic carbocycles. The average molecular weight is 325 g/mol. The van der Waals surface area contributed by atoms with Gasteiger partial charge in [-0.3, -0.25) is 4.99 Å². The molecule has 0 aliphatic heterocycles. The summed E-state index contributed by atoms with van der Waals surface area (Å²) in [5.41, 5.74) is 8.80. The molecule has 0 aromatic heterocycles. The normalized spacial score (nSPS) is 11.4. The van der Waals surface area contributed by atoms with Gasteiger partial charge >= 0.3 is 0 Å². The SMILES string of the molecule is N#Cc1ccc(C(N)=CC=NCCNc2ccccc2)cc1Cl. The van der Waals surface area contributed by atoms with Crippen molar-refractivity contribution in [3.8, 4) is 6.07 Å². The number of hydrogen-bond acceptors (Lipinski definition) is 4. The number of nitrogens with zero attached hydrogens (tertiary/aromatic N) is 2. The molecule has 0 heterocycles. The Kier molecular flexibility index (Phi) is 6.22. The lowest BCUT2D eigenvalue weighted by Crippen LogP contribution is -2.04. The number of hydrogen-bond donors (Lipinski definition) is 2. The standard InChI is InChI=1S/C18H17ClN4/c19-17-12-14(6-7-15(17)13-20)18(21)8-9-22-10-11-23-16-4-2-1-3-5-16/h1-9,12,23H,10-11,21H2. The van der Waals surface area contributed by atoms with Gasteiger partial charge in [0, 0.05) is 24.1 Å². The average Bonchev–Trinajstić information content (AvgIpc) is 2.58. The molecule has 0 spiro atoms. The molecule has 0 aliphatic rings. The number of nitriles is 1. The first-order valence-corrected chi connectivity index (χ1v) is 7.53. The van der Waals surface area contributed by atoms with Crippen molar-refractivity contribution in [3.05, 3.63) is 70.8 Å². The monoisotopic (exact) mass is 324 g/mol. The highest BCUT2D eigenvalue weighted by Crippen LogP contribution is 2.19. The summed E-state index contributed by atoms with van der Waals surface area (Å²) in [6.45, 7) is 1.39. The fraction of sp³-hybridized carbons (Fsp3) is 0.111. The number of nitrogens with two attached hydrogens (primary N) is 1. The fourth-order valence-corrected chi connectivity index (χ4v) is 2.13. The Bertz CT molecular complexity index is 745. The van der Waals surface area contributed by atoms with Crippen LogP contribution in [0, 0.1) is 11.3 Å². The molecule has 116 valence electrons. The fourth-order valence-electron chi connectivity index (χ4n) is 1.91. The van der Waals surface area contributed by atoms with Crippen LogP contribution in [0.4, 0.5) is 5.69 Å². The summed E-state index contributed by atoms with van der Waals surface area (Å²) in [4.78, 5) is 4.28. The predicted molar refractivity (Wildman–Crippen MR) is 96.6 cm³/mol. The molecule has 23 heavy (non-hydrogen) atoms. The van der Waals surface area contributed by atoms with Gasteiger partial charge in [-0.05, 0) is 35.9 Å². The summed E-state index contributed by atoms with van der Waals surface area (Å²) >= 11 is 5.99. The number of halogens is 1. The minimum atomic E-state index is 0.394. The maximum Gasteiger partial charge on any atom is 0.101 e. The molecule has 0 aliphatic carbocycles. The molecule has 5 heteroatoms. The molecule has 3 N–H and O–H groups in total. The van der Waals surface area contributed by atoms with E-state index in [9.17, 15) is 0 Å². The lowest BCUT2D eigenvalue weighted by molar-refractivity contribution is 1.03. The number of benzene rings is 2. The van der Waals surface area contributed by atoms with E-state index < -0.39 is 0 Å². The summed E-state index contributed by atoms with van der Waals surface area (Å²) in [6.07, 6.45) is 3.40. The largest absolute Gasteiger partial charge is 0.398 e. The zero-order valence-electron chi connectivity index (χ0n) is 12.5. The summed E-state index contributed by atoms with van der Waals surface area (Å²) in [7, 11) is 0. The van der Waals surface area contributed by atoms with Crippen molar-refractivity contribution in [2.45, 2.75) is 0 Å². The lowest BCUT2D eigenvalue weighted by Gasteiger charge is -2.03. The molecule has 2 aromatic rings. The van der Waals surface area contributed by atoms with Gasteiger partial charge in [0.05, 0.1) is 17.1 Å². The Labute approximate surface area is 140 Å². The Balaban J connectivity index is 1.84. The van der Waals surface area contributed by atoms with Gasteiger partial charge in [-0.25, -0.2) is 0 Å².